The summed E-state index contributed by atoms with van der Waals surface area (Å²) in [4.78, 5) is 10.3. The Kier molecular flexibility index (Phi) is 3.00. The molecule has 1 aromatic rings. The fourth-order valence-electron chi connectivity index (χ4n) is 0.982. The average Bonchev–Trinajstić information content (AvgIpc) is 2.17. The quantitative estimate of drug-likeness (QED) is 0.640. The van der Waals surface area contributed by atoms with Crippen LogP contribution < -0.4 is 0 Å². The van der Waals surface area contributed by atoms with Crippen molar-refractivity contribution in [3.63, 3.8) is 0 Å². The van der Waals surface area contributed by atoms with Gasteiger partial charge in [-0.1, -0.05) is 24.3 Å². The molecule has 1 atom stereocenters. The van der Waals surface area contributed by atoms with E-state index in [1.54, 1.807) is 19.2 Å². The molecule has 64 valence electrons. The SMILES string of the molecule is CO[C@@H](C)c1ccc(C=O)cc1. The van der Waals surface area contributed by atoms with Crippen molar-refractivity contribution in [1.29, 1.82) is 0 Å². The van der Waals surface area contributed by atoms with E-state index in [2.05, 4.69) is 0 Å². The Morgan fingerprint density at radius 1 is 1.33 bits per heavy atom. The second-order valence-corrected chi connectivity index (χ2v) is 2.66. The summed E-state index contributed by atoms with van der Waals surface area (Å²) < 4.78 is 5.12. The van der Waals surface area contributed by atoms with E-state index in [0.29, 0.717) is 5.56 Å². The first kappa shape index (κ1) is 8.94. The zero-order valence-electron chi connectivity index (χ0n) is 7.28. The van der Waals surface area contributed by atoms with Crippen LogP contribution >= 0.6 is 0 Å². The van der Waals surface area contributed by atoms with Gasteiger partial charge < -0.3 is 4.74 Å². The molecule has 0 saturated heterocycles. The van der Waals surface area contributed by atoms with Crippen LogP contribution in [0.1, 0.15) is 28.9 Å². The van der Waals surface area contributed by atoms with Crippen molar-refractivity contribution in [2.45, 2.75) is 13.0 Å². The number of hydrogen-bond donors (Lipinski definition) is 0. The van der Waals surface area contributed by atoms with E-state index in [9.17, 15) is 4.79 Å². The maximum atomic E-state index is 10.3. The molecule has 0 aromatic heterocycles. The van der Waals surface area contributed by atoms with Gasteiger partial charge in [-0.25, -0.2) is 0 Å². The number of aldehydes is 1. The largest absolute Gasteiger partial charge is 0.377 e. The number of carbonyl (C=O) groups excluding carboxylic acids is 1. The van der Waals surface area contributed by atoms with Gasteiger partial charge in [-0.2, -0.15) is 0 Å². The fraction of sp³-hybridized carbons (Fsp3) is 0.300. The molecule has 0 fully saturated rings. The Balaban J connectivity index is 2.84. The van der Waals surface area contributed by atoms with Crippen LogP contribution in [0, 0.1) is 0 Å². The molecule has 2 nitrogen and oxygen atoms in total. The average molecular weight is 164 g/mol. The van der Waals surface area contributed by atoms with Gasteiger partial charge in [0.25, 0.3) is 0 Å². The molecular formula is C10H12O2. The van der Waals surface area contributed by atoms with Gasteiger partial charge in [-0.05, 0) is 12.5 Å². The van der Waals surface area contributed by atoms with Crippen LogP contribution in [-0.4, -0.2) is 13.4 Å². The van der Waals surface area contributed by atoms with E-state index >= 15 is 0 Å². The van der Waals surface area contributed by atoms with E-state index in [-0.39, 0.29) is 6.10 Å². The van der Waals surface area contributed by atoms with Gasteiger partial charge in [-0.3, -0.25) is 4.79 Å². The summed E-state index contributed by atoms with van der Waals surface area (Å²) in [7, 11) is 1.66. The maximum absolute atomic E-state index is 10.3. The molecular weight excluding hydrogens is 152 g/mol. The van der Waals surface area contributed by atoms with E-state index in [0.717, 1.165) is 11.8 Å². The van der Waals surface area contributed by atoms with Crippen LogP contribution in [0.4, 0.5) is 0 Å². The van der Waals surface area contributed by atoms with Crippen LogP contribution in [-0.2, 0) is 4.74 Å². The number of hydrogen-bond acceptors (Lipinski definition) is 2. The highest BCUT2D eigenvalue weighted by Gasteiger charge is 2.01. The van der Waals surface area contributed by atoms with Crippen LogP contribution in [0.3, 0.4) is 0 Å². The van der Waals surface area contributed by atoms with Gasteiger partial charge in [-0.15, -0.1) is 0 Å². The number of methoxy groups -OCH3 is 1. The summed E-state index contributed by atoms with van der Waals surface area (Å²) in [6.45, 7) is 1.97. The second-order valence-electron chi connectivity index (χ2n) is 2.66. The molecule has 1 rings (SSSR count). The molecule has 12 heavy (non-hydrogen) atoms. The second kappa shape index (κ2) is 4.02. The summed E-state index contributed by atoms with van der Waals surface area (Å²) in [5, 5.41) is 0. The lowest BCUT2D eigenvalue weighted by Crippen LogP contribution is -1.95. The van der Waals surface area contributed by atoms with Crippen molar-refractivity contribution in [2.24, 2.45) is 0 Å². The minimum atomic E-state index is 0.0886. The van der Waals surface area contributed by atoms with E-state index in [1.807, 2.05) is 19.1 Å². The predicted octanol–water partition coefficient (Wildman–Crippen LogP) is 2.21. The molecule has 2 heteroatoms. The first-order valence-electron chi connectivity index (χ1n) is 3.86. The molecule has 0 heterocycles. The molecule has 0 spiro atoms. The Morgan fingerprint density at radius 2 is 1.92 bits per heavy atom. The zero-order valence-corrected chi connectivity index (χ0v) is 7.28. The Bertz CT molecular complexity index is 251. The van der Waals surface area contributed by atoms with Crippen molar-refractivity contribution in [3.05, 3.63) is 35.4 Å². The summed E-state index contributed by atoms with van der Waals surface area (Å²) in [6, 6.07) is 7.38. The fourth-order valence-corrected chi connectivity index (χ4v) is 0.982. The van der Waals surface area contributed by atoms with Crippen molar-refractivity contribution in [2.75, 3.05) is 7.11 Å². The Hall–Kier alpha value is -1.15. The summed E-state index contributed by atoms with van der Waals surface area (Å²) in [5.74, 6) is 0. The molecule has 0 aliphatic rings. The van der Waals surface area contributed by atoms with Crippen molar-refractivity contribution < 1.29 is 9.53 Å². The Morgan fingerprint density at radius 3 is 2.33 bits per heavy atom. The van der Waals surface area contributed by atoms with E-state index in [1.165, 1.54) is 0 Å². The third kappa shape index (κ3) is 1.92. The van der Waals surface area contributed by atoms with Gasteiger partial charge in [0.05, 0.1) is 6.10 Å². The number of benzene rings is 1. The summed E-state index contributed by atoms with van der Waals surface area (Å²) in [6.07, 6.45) is 0.923. The zero-order chi connectivity index (χ0) is 8.97. The van der Waals surface area contributed by atoms with Crippen LogP contribution in [0.2, 0.25) is 0 Å². The van der Waals surface area contributed by atoms with Crippen LogP contribution in [0.15, 0.2) is 24.3 Å². The molecule has 0 unspecified atom stereocenters. The number of rotatable bonds is 3. The molecule has 1 aromatic carbocycles. The third-order valence-electron chi connectivity index (χ3n) is 1.90. The molecule has 0 amide bonds. The van der Waals surface area contributed by atoms with E-state index < -0.39 is 0 Å². The summed E-state index contributed by atoms with van der Waals surface area (Å²) >= 11 is 0. The first-order valence-corrected chi connectivity index (χ1v) is 3.86. The van der Waals surface area contributed by atoms with Crippen LogP contribution in [0.25, 0.3) is 0 Å². The van der Waals surface area contributed by atoms with Gasteiger partial charge in [0.15, 0.2) is 0 Å². The Labute approximate surface area is 72.2 Å². The highest BCUT2D eigenvalue weighted by atomic mass is 16.5. The normalized spacial score (nSPS) is 12.5. The standard InChI is InChI=1S/C10H12O2/c1-8(12-2)10-5-3-9(7-11)4-6-10/h3-8H,1-2H3/t8-/m0/s1. The molecule has 0 aliphatic heterocycles. The highest BCUT2D eigenvalue weighted by molar-refractivity contribution is 5.74. The lowest BCUT2D eigenvalue weighted by atomic mass is 10.1. The molecule has 0 saturated carbocycles. The van der Waals surface area contributed by atoms with Crippen molar-refractivity contribution in [1.82, 2.24) is 0 Å². The molecule has 0 aliphatic carbocycles. The van der Waals surface area contributed by atoms with Crippen LogP contribution in [0.5, 0.6) is 0 Å². The third-order valence-corrected chi connectivity index (χ3v) is 1.90. The van der Waals surface area contributed by atoms with Crippen molar-refractivity contribution in [3.8, 4) is 0 Å². The number of ether oxygens (including phenoxy) is 1. The number of carbonyl (C=O) groups is 1. The maximum Gasteiger partial charge on any atom is 0.150 e. The lowest BCUT2D eigenvalue weighted by Gasteiger charge is -2.08. The lowest BCUT2D eigenvalue weighted by molar-refractivity contribution is 0.112. The molecule has 0 bridgehead atoms. The predicted molar refractivity (Wildman–Crippen MR) is 47.3 cm³/mol. The monoisotopic (exact) mass is 164 g/mol. The first-order chi connectivity index (χ1) is 5.77. The highest BCUT2D eigenvalue weighted by Crippen LogP contribution is 2.15. The van der Waals surface area contributed by atoms with E-state index in [4.69, 9.17) is 4.74 Å². The topological polar surface area (TPSA) is 26.3 Å². The van der Waals surface area contributed by atoms with Gasteiger partial charge in [0, 0.05) is 12.7 Å². The van der Waals surface area contributed by atoms with Gasteiger partial charge >= 0.3 is 0 Å². The van der Waals surface area contributed by atoms with Crippen molar-refractivity contribution >= 4 is 6.29 Å². The minimum Gasteiger partial charge on any atom is -0.377 e. The minimum absolute atomic E-state index is 0.0886. The smallest absolute Gasteiger partial charge is 0.150 e. The van der Waals surface area contributed by atoms with Gasteiger partial charge in [0.1, 0.15) is 6.29 Å². The molecule has 0 N–H and O–H groups in total. The summed E-state index contributed by atoms with van der Waals surface area (Å²) in [5.41, 5.74) is 1.78. The molecule has 0 radical (unpaired) electrons. The van der Waals surface area contributed by atoms with Gasteiger partial charge in [0.2, 0.25) is 0 Å².